The van der Waals surface area contributed by atoms with Gasteiger partial charge in [-0.05, 0) is 6.92 Å². The number of aliphatic carboxylic acids is 1. The molecule has 0 bridgehead atoms. The fourth-order valence-corrected chi connectivity index (χ4v) is 0.727. The van der Waals surface area contributed by atoms with E-state index in [-0.39, 0.29) is 0 Å². The molecule has 0 aromatic heterocycles. The van der Waals surface area contributed by atoms with E-state index in [0.717, 1.165) is 0 Å². The number of carboxylic acid groups (broad SMARTS) is 1. The molecule has 0 saturated carbocycles. The molecule has 0 aliphatic heterocycles. The Bertz CT molecular complexity index is 196. The molecular formula is C5H8N2O4S. The molecule has 1 unspecified atom stereocenters. The second kappa shape index (κ2) is 5.53. The first kappa shape index (κ1) is 10.9. The summed E-state index contributed by atoms with van der Waals surface area (Å²) >= 11 is 0.555. The molecule has 0 heterocycles. The second-order valence-corrected chi connectivity index (χ2v) is 3.00. The quantitative estimate of drug-likeness (QED) is 0.363. The molecule has 0 aromatic carbocycles. The number of nitroso groups, excluding NO2 is 1. The zero-order valence-corrected chi connectivity index (χ0v) is 7.13. The molecule has 0 aromatic rings. The van der Waals surface area contributed by atoms with Gasteiger partial charge in [0.15, 0.2) is 0 Å². The first-order valence-electron chi connectivity index (χ1n) is 3.06. The van der Waals surface area contributed by atoms with Crippen molar-refractivity contribution in [3.05, 3.63) is 4.91 Å². The van der Waals surface area contributed by atoms with Crippen LogP contribution in [0.15, 0.2) is 4.58 Å². The van der Waals surface area contributed by atoms with Crippen LogP contribution in [0.25, 0.3) is 0 Å². The smallest absolute Gasteiger partial charge is 0.322 e. The molecule has 0 saturated heterocycles. The highest BCUT2D eigenvalue weighted by molar-refractivity contribution is 7.99. The van der Waals surface area contributed by atoms with Crippen molar-refractivity contribution in [3.63, 3.8) is 0 Å². The van der Waals surface area contributed by atoms with Crippen LogP contribution < -0.4 is 5.32 Å². The van der Waals surface area contributed by atoms with Gasteiger partial charge in [-0.1, -0.05) is 0 Å². The first-order valence-corrected chi connectivity index (χ1v) is 3.89. The highest BCUT2D eigenvalue weighted by Crippen LogP contribution is 2.09. The van der Waals surface area contributed by atoms with Gasteiger partial charge in [0.05, 0.1) is 0 Å². The summed E-state index contributed by atoms with van der Waals surface area (Å²) in [6.07, 6.45) is 0. The molecule has 0 rings (SSSR count). The summed E-state index contributed by atoms with van der Waals surface area (Å²) in [6, 6.07) is 0. The molecule has 6 nitrogen and oxygen atoms in total. The molecule has 7 heteroatoms. The number of carbonyl (C=O) groups excluding carboxylic acids is 1. The Morgan fingerprint density at radius 3 is 2.67 bits per heavy atom. The fourth-order valence-electron chi connectivity index (χ4n) is 0.419. The predicted molar refractivity (Wildman–Crippen MR) is 43.5 cm³/mol. The van der Waals surface area contributed by atoms with Gasteiger partial charge in [0, 0.05) is 16.5 Å². The van der Waals surface area contributed by atoms with Gasteiger partial charge >= 0.3 is 5.97 Å². The normalized spacial score (nSPS) is 11.8. The summed E-state index contributed by atoms with van der Waals surface area (Å²) in [7, 11) is 0. The minimum absolute atomic E-state index is 0.442. The van der Waals surface area contributed by atoms with Gasteiger partial charge < -0.3 is 10.4 Å². The van der Waals surface area contributed by atoms with Crippen molar-refractivity contribution < 1.29 is 14.7 Å². The van der Waals surface area contributed by atoms with Crippen LogP contribution in [0, 0.1) is 4.91 Å². The highest BCUT2D eigenvalue weighted by Gasteiger charge is 2.14. The lowest BCUT2D eigenvalue weighted by molar-refractivity contribution is -0.137. The van der Waals surface area contributed by atoms with Crippen molar-refractivity contribution in [2.24, 2.45) is 4.58 Å². The Kier molecular flexibility index (Phi) is 5.02. The van der Waals surface area contributed by atoms with E-state index in [4.69, 9.17) is 5.11 Å². The van der Waals surface area contributed by atoms with Gasteiger partial charge in [0.1, 0.15) is 11.8 Å². The Morgan fingerprint density at radius 1 is 1.67 bits per heavy atom. The van der Waals surface area contributed by atoms with E-state index in [2.05, 4.69) is 9.90 Å². The summed E-state index contributed by atoms with van der Waals surface area (Å²) < 4.78 is 2.44. The number of hydrogen-bond acceptors (Lipinski definition) is 5. The fraction of sp³-hybridized carbons (Fsp3) is 0.600. The number of carbonyl (C=O) groups is 2. The minimum Gasteiger partial charge on any atom is -0.480 e. The Hall–Kier alpha value is -1.11. The number of nitrogens with one attached hydrogen (secondary N) is 1. The Labute approximate surface area is 72.8 Å². The molecule has 0 fully saturated rings. The Morgan fingerprint density at radius 2 is 2.25 bits per heavy atom. The third-order valence-electron chi connectivity index (χ3n) is 0.984. The number of nitrogens with zero attached hydrogens (tertiary/aromatic N) is 1. The van der Waals surface area contributed by atoms with Gasteiger partial charge in [-0.25, -0.2) is 0 Å². The van der Waals surface area contributed by atoms with E-state index in [1.165, 1.54) is 6.92 Å². The number of rotatable bonds is 5. The van der Waals surface area contributed by atoms with E-state index in [1.54, 1.807) is 0 Å². The predicted octanol–water partition coefficient (Wildman–Crippen LogP) is -0.00970. The van der Waals surface area contributed by atoms with E-state index >= 15 is 0 Å². The first-order chi connectivity index (χ1) is 5.57. The third kappa shape index (κ3) is 4.67. The molecule has 1 amide bonds. The lowest BCUT2D eigenvalue weighted by atomic mass is 10.4. The van der Waals surface area contributed by atoms with E-state index < -0.39 is 23.7 Å². The molecule has 0 aliphatic rings. The molecule has 12 heavy (non-hydrogen) atoms. The largest absolute Gasteiger partial charge is 0.480 e. The second-order valence-electron chi connectivity index (χ2n) is 1.93. The lowest BCUT2D eigenvalue weighted by Gasteiger charge is -2.04. The van der Waals surface area contributed by atoms with Gasteiger partial charge in [0.25, 0.3) is 0 Å². The van der Waals surface area contributed by atoms with Crippen molar-refractivity contribution >= 4 is 23.8 Å². The number of hydrogen-bond donors (Lipinski definition) is 2. The molecule has 0 radical (unpaired) electrons. The molecule has 0 spiro atoms. The molecule has 0 aliphatic carbocycles. The number of amides is 1. The van der Waals surface area contributed by atoms with E-state index in [1.807, 2.05) is 0 Å². The standard InChI is InChI=1S/C5H8N2O4S/c1-3(12-7-11)5(10)6-2-4(8)9/h3H,2H2,1H3,(H,6,10)(H,8,9)/i7+1. The summed E-state index contributed by atoms with van der Waals surface area (Å²) in [4.78, 5) is 30.5. The van der Waals surface area contributed by atoms with Crippen LogP contribution in [0.5, 0.6) is 0 Å². The SMILES string of the molecule is CC(S[15N]=O)C(=O)NCC(=O)O. The molecule has 68 valence electrons. The van der Waals surface area contributed by atoms with Crippen molar-refractivity contribution in [1.29, 1.82) is 0 Å². The summed E-state index contributed by atoms with van der Waals surface area (Å²) in [5.41, 5.74) is 0. The van der Waals surface area contributed by atoms with Crippen LogP contribution in [0.4, 0.5) is 0 Å². The summed E-state index contributed by atoms with van der Waals surface area (Å²) in [5, 5.41) is 9.62. The summed E-state index contributed by atoms with van der Waals surface area (Å²) in [6.45, 7) is 1.02. The molecule has 2 N–H and O–H groups in total. The molecular weight excluding hydrogens is 185 g/mol. The van der Waals surface area contributed by atoms with Crippen molar-refractivity contribution in [3.8, 4) is 0 Å². The minimum atomic E-state index is -1.13. The zero-order valence-electron chi connectivity index (χ0n) is 6.31. The van der Waals surface area contributed by atoms with E-state index in [0.29, 0.717) is 11.9 Å². The van der Waals surface area contributed by atoms with Crippen LogP contribution in [0.2, 0.25) is 0 Å². The zero-order chi connectivity index (χ0) is 9.56. The monoisotopic (exact) mass is 193 g/mol. The van der Waals surface area contributed by atoms with Crippen LogP contribution in [0.3, 0.4) is 0 Å². The summed E-state index contributed by atoms with van der Waals surface area (Å²) in [5.74, 6) is -1.64. The maximum atomic E-state index is 10.8. The maximum absolute atomic E-state index is 10.8. The van der Waals surface area contributed by atoms with Gasteiger partial charge in [-0.2, -0.15) is 0 Å². The van der Waals surface area contributed by atoms with Gasteiger partial charge in [0.2, 0.25) is 5.91 Å². The van der Waals surface area contributed by atoms with Crippen molar-refractivity contribution in [2.45, 2.75) is 12.2 Å². The topological polar surface area (TPSA) is 95.8 Å². The average Bonchev–Trinajstić information content (AvgIpc) is 2.00. The van der Waals surface area contributed by atoms with Gasteiger partial charge in [-0.3, -0.25) is 9.59 Å². The van der Waals surface area contributed by atoms with Crippen molar-refractivity contribution in [1.82, 2.24) is 5.32 Å². The van der Waals surface area contributed by atoms with Crippen LogP contribution >= 0.6 is 11.9 Å². The highest BCUT2D eigenvalue weighted by atomic mass is 32.2. The van der Waals surface area contributed by atoms with Crippen LogP contribution in [-0.4, -0.2) is 28.8 Å². The van der Waals surface area contributed by atoms with E-state index in [9.17, 15) is 14.5 Å². The van der Waals surface area contributed by atoms with Crippen LogP contribution in [0.1, 0.15) is 6.92 Å². The van der Waals surface area contributed by atoms with Crippen LogP contribution in [-0.2, 0) is 9.59 Å². The van der Waals surface area contributed by atoms with Crippen molar-refractivity contribution in [2.75, 3.05) is 6.54 Å². The molecule has 1 atom stereocenters. The lowest BCUT2D eigenvalue weighted by Crippen LogP contribution is -2.34. The van der Waals surface area contributed by atoms with Gasteiger partial charge in [-0.15, -0.1) is 4.91 Å². The average molecular weight is 193 g/mol. The third-order valence-corrected chi connectivity index (χ3v) is 1.60. The number of carboxylic acids is 1. The Balaban J connectivity index is 3.71. The maximum Gasteiger partial charge on any atom is 0.322 e.